The Hall–Kier alpha value is -4.81. The van der Waals surface area contributed by atoms with Gasteiger partial charge in [-0.05, 0) is 38.1 Å². The highest BCUT2D eigenvalue weighted by molar-refractivity contribution is 6.33. The Kier molecular flexibility index (Phi) is 10.1. The molecule has 3 N–H and O–H groups in total. The molecule has 13 heteroatoms. The zero-order valence-electron chi connectivity index (χ0n) is 25.9. The van der Waals surface area contributed by atoms with Gasteiger partial charge in [-0.15, -0.1) is 0 Å². The second-order valence-corrected chi connectivity index (χ2v) is 11.2. The van der Waals surface area contributed by atoms with Crippen LogP contribution < -0.4 is 30.3 Å². The number of hydrogen-bond acceptors (Lipinski definition) is 10. The Labute approximate surface area is 268 Å². The van der Waals surface area contributed by atoms with Gasteiger partial charge in [0.1, 0.15) is 29.0 Å². The third-order valence-corrected chi connectivity index (χ3v) is 7.83. The van der Waals surface area contributed by atoms with Gasteiger partial charge in [-0.3, -0.25) is 9.69 Å². The lowest BCUT2D eigenvalue weighted by Gasteiger charge is -2.39. The van der Waals surface area contributed by atoms with Crippen LogP contribution in [-0.2, 0) is 18.4 Å². The summed E-state index contributed by atoms with van der Waals surface area (Å²) in [5.41, 5.74) is 2.71. The van der Waals surface area contributed by atoms with Gasteiger partial charge in [0.15, 0.2) is 5.82 Å². The Bertz CT molecular complexity index is 1650. The van der Waals surface area contributed by atoms with Crippen molar-refractivity contribution in [2.45, 2.75) is 26.5 Å². The number of carbonyl (C=O) groups is 1. The molecule has 2 aromatic carbocycles. The van der Waals surface area contributed by atoms with E-state index < -0.39 is 0 Å². The average Bonchev–Trinajstić information content (AvgIpc) is 3.46. The van der Waals surface area contributed by atoms with Crippen molar-refractivity contribution in [1.29, 1.82) is 0 Å². The SMILES string of the molecule is C=CC(=O)Nc1cc(Nc2ncc(Cl)c(Nc3ccccc3OCc3nccn3C)n2)c(OC)cc1N1CCN(C(C)C)CC1. The van der Waals surface area contributed by atoms with E-state index in [9.17, 15) is 4.79 Å². The fourth-order valence-electron chi connectivity index (χ4n) is 5.00. The summed E-state index contributed by atoms with van der Waals surface area (Å²) in [6.07, 6.45) is 6.34. The summed E-state index contributed by atoms with van der Waals surface area (Å²) < 4.78 is 13.7. The Morgan fingerprint density at radius 2 is 1.84 bits per heavy atom. The van der Waals surface area contributed by atoms with Crippen LogP contribution in [0.1, 0.15) is 19.7 Å². The number of halogens is 1. The van der Waals surface area contributed by atoms with Crippen molar-refractivity contribution >= 4 is 52.0 Å². The highest BCUT2D eigenvalue weighted by atomic mass is 35.5. The number of carbonyl (C=O) groups excluding carboxylic acids is 1. The van der Waals surface area contributed by atoms with Gasteiger partial charge in [0.25, 0.3) is 0 Å². The molecule has 0 unspecified atom stereocenters. The molecular formula is C32H38ClN9O3. The van der Waals surface area contributed by atoms with Gasteiger partial charge in [0.2, 0.25) is 11.9 Å². The van der Waals surface area contributed by atoms with E-state index in [0.717, 1.165) is 37.7 Å². The van der Waals surface area contributed by atoms with Crippen molar-refractivity contribution in [1.82, 2.24) is 24.4 Å². The van der Waals surface area contributed by atoms with Crippen molar-refractivity contribution in [3.63, 3.8) is 0 Å². The fraction of sp³-hybridized carbons (Fsp3) is 0.312. The third-order valence-electron chi connectivity index (χ3n) is 7.55. The smallest absolute Gasteiger partial charge is 0.247 e. The maximum Gasteiger partial charge on any atom is 0.247 e. The van der Waals surface area contributed by atoms with Crippen LogP contribution in [0.5, 0.6) is 11.5 Å². The van der Waals surface area contributed by atoms with Crippen LogP contribution in [-0.4, -0.2) is 69.7 Å². The zero-order valence-corrected chi connectivity index (χ0v) is 26.6. The first-order chi connectivity index (χ1) is 21.7. The van der Waals surface area contributed by atoms with E-state index in [1.807, 2.05) is 54.2 Å². The number of piperazine rings is 1. The normalized spacial score (nSPS) is 13.4. The maximum atomic E-state index is 12.4. The summed E-state index contributed by atoms with van der Waals surface area (Å²) in [6.45, 7) is 11.8. The number of ether oxygens (including phenoxy) is 2. The molecule has 45 heavy (non-hydrogen) atoms. The Morgan fingerprint density at radius 3 is 2.53 bits per heavy atom. The minimum absolute atomic E-state index is 0.269. The first-order valence-electron chi connectivity index (χ1n) is 14.6. The number of para-hydroxylation sites is 2. The molecule has 236 valence electrons. The lowest BCUT2D eigenvalue weighted by Crippen LogP contribution is -2.49. The second-order valence-electron chi connectivity index (χ2n) is 10.8. The lowest BCUT2D eigenvalue weighted by atomic mass is 10.1. The minimum Gasteiger partial charge on any atom is -0.494 e. The largest absolute Gasteiger partial charge is 0.494 e. The molecule has 0 atom stereocenters. The van der Waals surface area contributed by atoms with E-state index in [1.54, 1.807) is 13.3 Å². The highest BCUT2D eigenvalue weighted by Crippen LogP contribution is 2.39. The number of methoxy groups -OCH3 is 1. The lowest BCUT2D eigenvalue weighted by molar-refractivity contribution is -0.111. The molecular weight excluding hydrogens is 594 g/mol. The molecule has 1 amide bonds. The van der Waals surface area contributed by atoms with Gasteiger partial charge in [0.05, 0.1) is 36.1 Å². The molecule has 1 saturated heterocycles. The Balaban J connectivity index is 1.39. The predicted octanol–water partition coefficient (Wildman–Crippen LogP) is 5.59. The van der Waals surface area contributed by atoms with Gasteiger partial charge in [-0.1, -0.05) is 30.3 Å². The van der Waals surface area contributed by atoms with Gasteiger partial charge in [-0.25, -0.2) is 9.97 Å². The number of nitrogens with zero attached hydrogens (tertiary/aromatic N) is 6. The molecule has 0 saturated carbocycles. The van der Waals surface area contributed by atoms with Crippen LogP contribution in [0, 0.1) is 0 Å². The minimum atomic E-state index is -0.314. The standard InChI is InChI=1S/C32H38ClN9O3/c1-6-30(43)36-24-17-25(28(44-5)18-26(24)42-15-13-41(14-16-42)21(2)3)38-32-35-19-22(33)31(39-32)37-23-9-7-8-10-27(23)45-20-29-34-11-12-40(29)4/h6-12,17-19,21H,1,13-16,20H2,2-5H3,(H,36,43)(H2,35,37,38,39). The monoisotopic (exact) mass is 631 g/mol. The molecule has 1 aliphatic heterocycles. The molecule has 0 spiro atoms. The summed E-state index contributed by atoms with van der Waals surface area (Å²) in [5.74, 6) is 2.30. The molecule has 12 nitrogen and oxygen atoms in total. The van der Waals surface area contributed by atoms with E-state index in [4.69, 9.17) is 21.1 Å². The van der Waals surface area contributed by atoms with E-state index in [0.29, 0.717) is 52.1 Å². The summed E-state index contributed by atoms with van der Waals surface area (Å²) >= 11 is 6.51. The number of hydrogen-bond donors (Lipinski definition) is 3. The van der Waals surface area contributed by atoms with E-state index in [1.165, 1.54) is 12.3 Å². The van der Waals surface area contributed by atoms with Crippen molar-refractivity contribution in [3.8, 4) is 11.5 Å². The first kappa shape index (κ1) is 31.6. The van der Waals surface area contributed by atoms with Crippen LogP contribution >= 0.6 is 11.6 Å². The fourth-order valence-corrected chi connectivity index (χ4v) is 5.14. The van der Waals surface area contributed by atoms with Gasteiger partial charge < -0.3 is 34.9 Å². The van der Waals surface area contributed by atoms with E-state index in [2.05, 4.69) is 61.1 Å². The molecule has 3 heterocycles. The number of imidazole rings is 1. The van der Waals surface area contributed by atoms with Crippen molar-refractivity contribution in [3.05, 3.63) is 78.5 Å². The number of amides is 1. The number of benzene rings is 2. The predicted molar refractivity (Wildman–Crippen MR) is 178 cm³/mol. The first-order valence-corrected chi connectivity index (χ1v) is 15.0. The zero-order chi connectivity index (χ0) is 31.9. The van der Waals surface area contributed by atoms with Gasteiger partial charge in [0, 0.05) is 57.7 Å². The summed E-state index contributed by atoms with van der Waals surface area (Å²) in [5, 5.41) is 9.77. The number of rotatable bonds is 12. The molecule has 4 aromatic rings. The quantitative estimate of drug-likeness (QED) is 0.171. The third kappa shape index (κ3) is 7.65. The van der Waals surface area contributed by atoms with Crippen LogP contribution in [0.2, 0.25) is 5.02 Å². The molecule has 0 radical (unpaired) electrons. The Morgan fingerprint density at radius 1 is 1.07 bits per heavy atom. The summed E-state index contributed by atoms with van der Waals surface area (Å²) in [6, 6.07) is 11.7. The molecule has 5 rings (SSSR count). The molecule has 1 fully saturated rings. The van der Waals surface area contributed by atoms with Crippen molar-refractivity contribution in [2.75, 3.05) is 54.1 Å². The maximum absolute atomic E-state index is 12.4. The van der Waals surface area contributed by atoms with Crippen molar-refractivity contribution in [2.24, 2.45) is 7.05 Å². The highest BCUT2D eigenvalue weighted by Gasteiger charge is 2.23. The van der Waals surface area contributed by atoms with Crippen LogP contribution in [0.25, 0.3) is 0 Å². The number of aromatic nitrogens is 4. The average molecular weight is 632 g/mol. The van der Waals surface area contributed by atoms with Gasteiger partial charge in [-0.2, -0.15) is 4.98 Å². The number of anilines is 6. The second kappa shape index (κ2) is 14.3. The van der Waals surface area contributed by atoms with Crippen LogP contribution in [0.4, 0.5) is 34.5 Å². The molecule has 1 aliphatic rings. The van der Waals surface area contributed by atoms with Crippen molar-refractivity contribution < 1.29 is 14.3 Å². The van der Waals surface area contributed by atoms with Gasteiger partial charge >= 0.3 is 0 Å². The summed E-state index contributed by atoms with van der Waals surface area (Å²) in [7, 11) is 3.51. The van der Waals surface area contributed by atoms with Crippen LogP contribution in [0.3, 0.4) is 0 Å². The van der Waals surface area contributed by atoms with Crippen LogP contribution in [0.15, 0.2) is 67.6 Å². The van der Waals surface area contributed by atoms with E-state index >= 15 is 0 Å². The summed E-state index contributed by atoms with van der Waals surface area (Å²) in [4.78, 5) is 30.4. The number of aryl methyl sites for hydroxylation is 1. The van der Waals surface area contributed by atoms with E-state index in [-0.39, 0.29) is 11.9 Å². The number of nitrogens with one attached hydrogen (secondary N) is 3. The molecule has 0 bridgehead atoms. The molecule has 2 aromatic heterocycles. The topological polar surface area (TPSA) is 122 Å². The molecule has 0 aliphatic carbocycles.